The molecule has 2 aromatic carbocycles. The standard InChI is InChI=1S/C14H11Cl2FN2O3.C13H9Cl2FN2O3.C10H12F2N2O3.C10H13FN2O3.C9H10F2N2O3/c1-21-13-10(18)9(17)11(19-12(13)14(20)22-2)6-3-4-7(15)8(16)5-6;1-21-12-9(17)8(16)10(18-11(12)13(19)20)5-2-3-6(14)7(15)4-5;1-10(11,12)6-4-5(13)8(16-2)7(14-6)9(15)17-3;1-5(11)7-4-6(12)9(15-2)8(13-7)10(14)16-3;1-9(10,11)5-3-4(12)7(16-2)6(13-5)8(14)15/h3-5H,1-2H3,(H2,18,19);2-4H,1H3,(H2,17,18)(H,19,20);4H,1-3H3,(H2,13,14);4-5H,1-3H3,(H2,12,13);3H,1-2H3,(H2,12,13)(H,14,15). The predicted octanol–water partition coefficient (Wildman–Crippen LogP) is 11.6. The lowest BCUT2D eigenvalue weighted by molar-refractivity contribution is 0.0117. The van der Waals surface area contributed by atoms with Crippen molar-refractivity contribution < 1.29 is 103 Å². The molecule has 0 amide bonds. The number of hydrogen-bond acceptors (Lipinski definition) is 23. The molecule has 5 heterocycles. The van der Waals surface area contributed by atoms with Crippen molar-refractivity contribution in [3.63, 3.8) is 0 Å². The highest BCUT2D eigenvalue weighted by atomic mass is 35.5. The molecule has 12 N–H and O–H groups in total. The van der Waals surface area contributed by atoms with Gasteiger partial charge in [0, 0.05) is 25.0 Å². The number of carboxylic acids is 2. The van der Waals surface area contributed by atoms with Crippen molar-refractivity contribution in [1.29, 1.82) is 0 Å². The van der Waals surface area contributed by atoms with Gasteiger partial charge in [-0.2, -0.15) is 17.6 Å². The average molecular weight is 1380 g/mol. The van der Waals surface area contributed by atoms with Crippen LogP contribution >= 0.6 is 46.4 Å². The molecule has 7 rings (SSSR count). The normalized spacial score (nSPS) is 11.0. The Morgan fingerprint density at radius 3 is 1.07 bits per heavy atom. The summed E-state index contributed by atoms with van der Waals surface area (Å²) < 4.78 is 132. The van der Waals surface area contributed by atoms with Crippen LogP contribution in [0.5, 0.6) is 28.7 Å². The SMILES string of the molecule is COC(=O)c1nc(-c2ccc(Cl)c(Cl)c2)c(F)c(N)c1OC.COC(=O)c1nc(C(C)(F)F)cc(N)c1OC.COC(=O)c1nc(C(C)F)cc(N)c1OC.COc1c(C(=O)O)nc(-c2ccc(Cl)c(Cl)c2)c(F)c1N.COc1c(N)cc(C(C)(F)F)nc1C(=O)O. The van der Waals surface area contributed by atoms with Gasteiger partial charge in [-0.25, -0.2) is 62.1 Å². The number of ether oxygens (including phenoxy) is 8. The van der Waals surface area contributed by atoms with E-state index in [2.05, 4.69) is 39.1 Å². The second kappa shape index (κ2) is 32.8. The fourth-order valence-electron chi connectivity index (χ4n) is 7.19. The van der Waals surface area contributed by atoms with Gasteiger partial charge in [-0.1, -0.05) is 58.5 Å². The number of nitrogens with two attached hydrogens (primary N) is 5. The topological polar surface area (TPSA) is 394 Å². The number of anilines is 5. The van der Waals surface area contributed by atoms with E-state index in [4.69, 9.17) is 109 Å². The molecule has 0 aliphatic heterocycles. The zero-order valence-electron chi connectivity index (χ0n) is 49.8. The van der Waals surface area contributed by atoms with Crippen molar-refractivity contribution >= 4 is 105 Å². The van der Waals surface area contributed by atoms with Crippen LogP contribution in [0.1, 0.15) is 96.5 Å². The zero-order valence-corrected chi connectivity index (χ0v) is 52.8. The van der Waals surface area contributed by atoms with E-state index in [0.29, 0.717) is 24.4 Å². The minimum atomic E-state index is -3.26. The first-order valence-electron chi connectivity index (χ1n) is 25.0. The molecule has 496 valence electrons. The number of carbonyl (C=O) groups is 5. The van der Waals surface area contributed by atoms with E-state index in [9.17, 15) is 54.7 Å². The molecule has 0 spiro atoms. The number of benzene rings is 2. The Labute approximate surface area is 537 Å². The molecule has 92 heavy (non-hydrogen) atoms. The molecular formula is C56H55Cl4F7N10O15. The maximum Gasteiger partial charge on any atom is 0.360 e. The van der Waals surface area contributed by atoms with E-state index in [1.165, 1.54) is 99.2 Å². The van der Waals surface area contributed by atoms with E-state index in [1.54, 1.807) is 0 Å². The summed E-state index contributed by atoms with van der Waals surface area (Å²) in [5.74, 6) is -14.2. The number of alkyl halides is 5. The summed E-state index contributed by atoms with van der Waals surface area (Å²) in [6.45, 7) is 2.56. The van der Waals surface area contributed by atoms with Gasteiger partial charge in [0.2, 0.25) is 0 Å². The van der Waals surface area contributed by atoms with Gasteiger partial charge in [-0.15, -0.1) is 0 Å². The second-order valence-electron chi connectivity index (χ2n) is 17.9. The van der Waals surface area contributed by atoms with Crippen molar-refractivity contribution in [2.75, 3.05) is 85.5 Å². The van der Waals surface area contributed by atoms with E-state index < -0.39 is 88.0 Å². The first kappa shape index (κ1) is 76.5. The van der Waals surface area contributed by atoms with Gasteiger partial charge < -0.3 is 76.8 Å². The number of aromatic nitrogens is 5. The molecule has 5 aromatic heterocycles. The van der Waals surface area contributed by atoms with Crippen LogP contribution in [0.4, 0.5) is 59.2 Å². The van der Waals surface area contributed by atoms with Crippen LogP contribution in [0.2, 0.25) is 20.1 Å². The summed E-state index contributed by atoms with van der Waals surface area (Å²) in [7, 11) is 9.69. The van der Waals surface area contributed by atoms with Gasteiger partial charge in [-0.05, 0) is 49.4 Å². The third-order valence-corrected chi connectivity index (χ3v) is 13.0. The zero-order chi connectivity index (χ0) is 70.2. The summed E-state index contributed by atoms with van der Waals surface area (Å²) in [5.41, 5.74) is 24.0. The monoisotopic (exact) mass is 1380 g/mol. The molecule has 7 aromatic rings. The van der Waals surface area contributed by atoms with E-state index in [-0.39, 0.29) is 106 Å². The first-order chi connectivity index (χ1) is 42.8. The second-order valence-corrected chi connectivity index (χ2v) is 19.5. The number of methoxy groups -OCH3 is 8. The lowest BCUT2D eigenvalue weighted by Gasteiger charge is -2.14. The molecular weight excluding hydrogens is 1330 g/mol. The summed E-state index contributed by atoms with van der Waals surface area (Å²) in [4.78, 5) is 74.8. The Balaban J connectivity index is 0.000000302. The van der Waals surface area contributed by atoms with Crippen molar-refractivity contribution in [2.24, 2.45) is 0 Å². The smallest absolute Gasteiger partial charge is 0.360 e. The highest BCUT2D eigenvalue weighted by Crippen LogP contribution is 2.39. The van der Waals surface area contributed by atoms with Gasteiger partial charge in [0.05, 0.1) is 99.7 Å². The highest BCUT2D eigenvalue weighted by Gasteiger charge is 2.33. The lowest BCUT2D eigenvalue weighted by atomic mass is 10.1. The minimum Gasteiger partial charge on any atom is -0.492 e. The fourth-order valence-corrected chi connectivity index (χ4v) is 7.78. The summed E-state index contributed by atoms with van der Waals surface area (Å²) in [6.07, 6.45) is -1.32. The molecule has 0 fully saturated rings. The number of nitrogens with zero attached hydrogens (tertiary/aromatic N) is 5. The summed E-state index contributed by atoms with van der Waals surface area (Å²) in [6, 6.07) is 11.9. The number of hydrogen-bond donors (Lipinski definition) is 7. The van der Waals surface area contributed by atoms with Crippen LogP contribution in [0.25, 0.3) is 22.5 Å². The third kappa shape index (κ3) is 18.7. The highest BCUT2D eigenvalue weighted by molar-refractivity contribution is 6.42. The van der Waals surface area contributed by atoms with Gasteiger partial charge in [0.25, 0.3) is 11.8 Å². The molecule has 0 saturated carbocycles. The molecule has 0 bridgehead atoms. The van der Waals surface area contributed by atoms with Gasteiger partial charge in [0.15, 0.2) is 68.9 Å². The van der Waals surface area contributed by atoms with Crippen LogP contribution in [-0.2, 0) is 26.1 Å². The Morgan fingerprint density at radius 2 is 0.750 bits per heavy atom. The number of rotatable bonds is 15. The number of carbonyl (C=O) groups excluding carboxylic acids is 3. The Bertz CT molecular complexity index is 3910. The number of esters is 3. The Kier molecular flexibility index (Phi) is 27.3. The minimum absolute atomic E-state index is 0.0682. The first-order valence-corrected chi connectivity index (χ1v) is 26.5. The van der Waals surface area contributed by atoms with Crippen LogP contribution < -0.4 is 52.4 Å². The summed E-state index contributed by atoms with van der Waals surface area (Å²) in [5, 5.41) is 18.9. The van der Waals surface area contributed by atoms with E-state index >= 15 is 0 Å². The quantitative estimate of drug-likeness (QED) is 0.0285. The molecule has 1 atom stereocenters. The fraction of sp³-hybridized carbons (Fsp3) is 0.250. The summed E-state index contributed by atoms with van der Waals surface area (Å²) >= 11 is 23.4. The molecule has 25 nitrogen and oxygen atoms in total. The molecule has 0 aliphatic carbocycles. The van der Waals surface area contributed by atoms with Crippen molar-refractivity contribution in [2.45, 2.75) is 38.8 Å². The Morgan fingerprint density at radius 1 is 0.457 bits per heavy atom. The number of carboxylic acid groups (broad SMARTS) is 2. The van der Waals surface area contributed by atoms with Crippen molar-refractivity contribution in [3.05, 3.63) is 132 Å². The van der Waals surface area contributed by atoms with Crippen LogP contribution in [0.3, 0.4) is 0 Å². The maximum atomic E-state index is 14.4. The number of pyridine rings is 5. The molecule has 1 unspecified atom stereocenters. The van der Waals surface area contributed by atoms with Crippen LogP contribution in [0.15, 0.2) is 54.6 Å². The predicted molar refractivity (Wildman–Crippen MR) is 323 cm³/mol. The third-order valence-electron chi connectivity index (χ3n) is 11.5. The number of aromatic carboxylic acids is 2. The largest absolute Gasteiger partial charge is 0.492 e. The van der Waals surface area contributed by atoms with E-state index in [1.807, 2.05) is 0 Å². The Hall–Kier alpha value is -9.79. The number of halogens is 11. The van der Waals surface area contributed by atoms with Crippen molar-refractivity contribution in [3.8, 4) is 51.3 Å². The van der Waals surface area contributed by atoms with Crippen LogP contribution in [0, 0.1) is 11.6 Å². The molecule has 0 radical (unpaired) electrons. The van der Waals surface area contributed by atoms with E-state index in [0.717, 1.165) is 19.2 Å². The molecule has 36 heteroatoms. The van der Waals surface area contributed by atoms with Crippen LogP contribution in [-0.4, -0.2) is 122 Å². The maximum absolute atomic E-state index is 14.4. The number of nitrogen functional groups attached to an aromatic ring is 5. The molecule has 0 aliphatic rings. The van der Waals surface area contributed by atoms with Gasteiger partial charge in [-0.3, -0.25) is 0 Å². The molecule has 0 saturated heterocycles. The van der Waals surface area contributed by atoms with Gasteiger partial charge in [0.1, 0.15) is 40.3 Å². The lowest BCUT2D eigenvalue weighted by Crippen LogP contribution is -2.16. The van der Waals surface area contributed by atoms with Crippen molar-refractivity contribution in [1.82, 2.24) is 24.9 Å². The van der Waals surface area contributed by atoms with Gasteiger partial charge >= 0.3 is 29.8 Å². The average Bonchev–Trinajstić information content (AvgIpc) is 0.829.